The zero-order valence-corrected chi connectivity index (χ0v) is 13.8. The summed E-state index contributed by atoms with van der Waals surface area (Å²) in [4.78, 5) is 4.54. The van der Waals surface area contributed by atoms with Crippen LogP contribution in [0, 0.1) is 6.92 Å². The van der Waals surface area contributed by atoms with Crippen molar-refractivity contribution in [2.24, 2.45) is 0 Å². The van der Waals surface area contributed by atoms with Crippen molar-refractivity contribution in [3.63, 3.8) is 0 Å². The molecule has 0 bridgehead atoms. The molecule has 1 unspecified atom stereocenters. The summed E-state index contributed by atoms with van der Waals surface area (Å²) in [6.07, 6.45) is 1.45. The molecule has 0 saturated carbocycles. The molecule has 0 amide bonds. The van der Waals surface area contributed by atoms with E-state index in [1.807, 2.05) is 23.1 Å². The van der Waals surface area contributed by atoms with Crippen LogP contribution >= 0.6 is 11.6 Å². The highest BCUT2D eigenvalue weighted by Crippen LogP contribution is 2.26. The van der Waals surface area contributed by atoms with Crippen LogP contribution in [0.25, 0.3) is 11.2 Å². The van der Waals surface area contributed by atoms with Gasteiger partial charge in [0.25, 0.3) is 0 Å². The van der Waals surface area contributed by atoms with Gasteiger partial charge in [-0.2, -0.15) is 5.10 Å². The molecule has 8 heteroatoms. The van der Waals surface area contributed by atoms with Gasteiger partial charge >= 0.3 is 0 Å². The Kier molecular flexibility index (Phi) is 3.73. The second-order valence-electron chi connectivity index (χ2n) is 5.48. The van der Waals surface area contributed by atoms with Crippen molar-refractivity contribution in [1.29, 1.82) is 0 Å². The van der Waals surface area contributed by atoms with E-state index in [0.717, 1.165) is 35.6 Å². The first kappa shape index (κ1) is 14.8. The van der Waals surface area contributed by atoms with E-state index in [1.54, 1.807) is 0 Å². The minimum atomic E-state index is -2.99. The number of nitrogens with zero attached hydrogens (tertiary/aromatic N) is 4. The summed E-state index contributed by atoms with van der Waals surface area (Å²) in [5, 5.41) is 4.12. The van der Waals surface area contributed by atoms with Gasteiger partial charge in [-0.1, -0.05) is 0 Å². The molecule has 21 heavy (non-hydrogen) atoms. The molecule has 0 spiro atoms. The van der Waals surface area contributed by atoms with E-state index in [-0.39, 0.29) is 16.9 Å². The Balaban J connectivity index is 2.12. The number of alkyl halides is 1. The van der Waals surface area contributed by atoms with Gasteiger partial charge < -0.3 is 4.57 Å². The molecular weight excluding hydrogens is 312 g/mol. The second-order valence-corrected chi connectivity index (χ2v) is 8.14. The number of halogens is 1. The average Bonchev–Trinajstić information content (AvgIpc) is 3.06. The topological polar surface area (TPSA) is 69.8 Å². The monoisotopic (exact) mass is 330 g/mol. The zero-order valence-electron chi connectivity index (χ0n) is 12.2. The molecule has 1 atom stereocenters. The number of hydrogen-bond acceptors (Lipinski definition) is 4. The van der Waals surface area contributed by atoms with Crippen LogP contribution in [0.15, 0.2) is 0 Å². The lowest BCUT2D eigenvalue weighted by molar-refractivity contribution is 0.556. The van der Waals surface area contributed by atoms with Gasteiger partial charge in [0.2, 0.25) is 0 Å². The Morgan fingerprint density at radius 2 is 2.19 bits per heavy atom. The Morgan fingerprint density at radius 3 is 2.76 bits per heavy atom. The Labute approximate surface area is 129 Å². The highest BCUT2D eigenvalue weighted by Gasteiger charge is 2.33. The summed E-state index contributed by atoms with van der Waals surface area (Å²) < 4.78 is 28.0. The lowest BCUT2D eigenvalue weighted by atomic mass is 10.2. The van der Waals surface area contributed by atoms with E-state index in [4.69, 9.17) is 11.6 Å². The highest BCUT2D eigenvalue weighted by molar-refractivity contribution is 7.92. The van der Waals surface area contributed by atoms with E-state index in [0.29, 0.717) is 13.0 Å². The lowest BCUT2D eigenvalue weighted by Gasteiger charge is -2.14. The van der Waals surface area contributed by atoms with Gasteiger partial charge in [0.1, 0.15) is 11.3 Å². The number of aromatic nitrogens is 4. The van der Waals surface area contributed by atoms with E-state index >= 15 is 0 Å². The molecule has 0 radical (unpaired) electrons. The zero-order chi connectivity index (χ0) is 15.2. The molecule has 6 nitrogen and oxygen atoms in total. The minimum Gasteiger partial charge on any atom is -0.311 e. The molecule has 1 aliphatic heterocycles. The van der Waals surface area contributed by atoms with Crippen LogP contribution in [0.2, 0.25) is 0 Å². The summed E-state index contributed by atoms with van der Waals surface area (Å²) in [5.41, 5.74) is 2.56. The maximum atomic E-state index is 12.1. The molecular formula is C13H19ClN4O2S. The molecule has 0 aliphatic carbocycles. The standard InChI is InChI=1S/C13H19ClN4O2S/c1-3-18-13-12(9(2)16-18)15-11(7-14)17(13)8-10-5-4-6-21(10,19)20/h10H,3-8H2,1-2H3. The fourth-order valence-corrected chi connectivity index (χ4v) is 5.06. The molecule has 116 valence electrons. The van der Waals surface area contributed by atoms with E-state index in [9.17, 15) is 8.42 Å². The quantitative estimate of drug-likeness (QED) is 0.802. The summed E-state index contributed by atoms with van der Waals surface area (Å²) >= 11 is 6.00. The molecule has 0 N–H and O–H groups in total. The largest absolute Gasteiger partial charge is 0.311 e. The molecule has 2 aromatic heterocycles. The van der Waals surface area contributed by atoms with Gasteiger partial charge in [-0.25, -0.2) is 18.1 Å². The summed E-state index contributed by atoms with van der Waals surface area (Å²) in [7, 11) is -2.99. The molecule has 1 fully saturated rings. The van der Waals surface area contributed by atoms with Gasteiger partial charge in [-0.3, -0.25) is 0 Å². The predicted molar refractivity (Wildman–Crippen MR) is 82.3 cm³/mol. The Hall–Kier alpha value is -1.08. The number of fused-ring (bicyclic) bond motifs is 1. The Bertz CT molecular complexity index is 778. The van der Waals surface area contributed by atoms with Crippen LogP contribution in [0.5, 0.6) is 0 Å². The van der Waals surface area contributed by atoms with Crippen molar-refractivity contribution >= 4 is 32.6 Å². The molecule has 2 aromatic rings. The average molecular weight is 331 g/mol. The molecule has 3 heterocycles. The van der Waals surface area contributed by atoms with Crippen LogP contribution in [-0.2, 0) is 28.8 Å². The van der Waals surface area contributed by atoms with E-state index < -0.39 is 9.84 Å². The third kappa shape index (κ3) is 2.36. The summed E-state index contributed by atoms with van der Waals surface area (Å²) in [5.74, 6) is 1.28. The fourth-order valence-electron chi connectivity index (χ4n) is 3.05. The predicted octanol–water partition coefficient (Wildman–Crippen LogP) is 1.88. The van der Waals surface area contributed by atoms with Gasteiger partial charge in [0.05, 0.1) is 22.6 Å². The number of rotatable bonds is 4. The van der Waals surface area contributed by atoms with Crippen molar-refractivity contribution in [2.45, 2.75) is 50.9 Å². The maximum Gasteiger partial charge on any atom is 0.158 e. The van der Waals surface area contributed by atoms with Gasteiger partial charge in [0.15, 0.2) is 15.5 Å². The van der Waals surface area contributed by atoms with Gasteiger partial charge in [-0.15, -0.1) is 11.6 Å². The Morgan fingerprint density at radius 1 is 1.43 bits per heavy atom. The van der Waals surface area contributed by atoms with Crippen molar-refractivity contribution in [3.8, 4) is 0 Å². The first-order chi connectivity index (χ1) is 9.97. The molecule has 1 saturated heterocycles. The van der Waals surface area contributed by atoms with Crippen molar-refractivity contribution in [3.05, 3.63) is 11.5 Å². The third-order valence-electron chi connectivity index (χ3n) is 4.15. The van der Waals surface area contributed by atoms with E-state index in [2.05, 4.69) is 10.1 Å². The van der Waals surface area contributed by atoms with Crippen molar-refractivity contribution in [1.82, 2.24) is 19.3 Å². The van der Waals surface area contributed by atoms with Crippen molar-refractivity contribution in [2.75, 3.05) is 5.75 Å². The normalized spacial score (nSPS) is 21.4. The molecule has 0 aromatic carbocycles. The smallest absolute Gasteiger partial charge is 0.158 e. The number of sulfone groups is 1. The third-order valence-corrected chi connectivity index (χ3v) is 6.64. The van der Waals surface area contributed by atoms with Crippen LogP contribution in [0.3, 0.4) is 0 Å². The molecule has 3 rings (SSSR count). The van der Waals surface area contributed by atoms with Gasteiger partial charge in [-0.05, 0) is 26.7 Å². The number of hydrogen-bond donors (Lipinski definition) is 0. The second kappa shape index (κ2) is 5.28. The van der Waals surface area contributed by atoms with Gasteiger partial charge in [0, 0.05) is 13.1 Å². The first-order valence-corrected chi connectivity index (χ1v) is 9.43. The molecule has 1 aliphatic rings. The van der Waals surface area contributed by atoms with E-state index in [1.165, 1.54) is 0 Å². The van der Waals surface area contributed by atoms with Crippen LogP contribution in [0.1, 0.15) is 31.3 Å². The minimum absolute atomic E-state index is 0.268. The fraction of sp³-hybridized carbons (Fsp3) is 0.692. The summed E-state index contributed by atoms with van der Waals surface area (Å²) in [6, 6.07) is 0. The van der Waals surface area contributed by atoms with Crippen LogP contribution in [-0.4, -0.2) is 38.8 Å². The first-order valence-electron chi connectivity index (χ1n) is 7.18. The number of imidazole rings is 1. The summed E-state index contributed by atoms with van der Waals surface area (Å²) in [6.45, 7) is 5.06. The van der Waals surface area contributed by atoms with Crippen molar-refractivity contribution < 1.29 is 8.42 Å². The van der Waals surface area contributed by atoms with Crippen LogP contribution in [0.4, 0.5) is 0 Å². The van der Waals surface area contributed by atoms with Crippen LogP contribution < -0.4 is 0 Å². The highest BCUT2D eigenvalue weighted by atomic mass is 35.5. The lowest BCUT2D eigenvalue weighted by Crippen LogP contribution is -2.24. The SMILES string of the molecule is CCn1nc(C)c2nc(CCl)n(CC3CCCS3(=O)=O)c21. The maximum absolute atomic E-state index is 12.1. The number of aryl methyl sites for hydroxylation is 2.